The first-order chi connectivity index (χ1) is 9.95. The van der Waals surface area contributed by atoms with Crippen LogP contribution in [0.1, 0.15) is 10.4 Å². The highest BCUT2D eigenvalue weighted by atomic mass is 32.1. The molecule has 3 nitrogen and oxygen atoms in total. The van der Waals surface area contributed by atoms with Crippen LogP contribution in [-0.4, -0.2) is 11.3 Å². The molecule has 2 aromatic rings. The molecule has 0 saturated heterocycles. The van der Waals surface area contributed by atoms with Crippen LogP contribution < -0.4 is 10.7 Å². The van der Waals surface area contributed by atoms with Crippen LogP contribution in [0.5, 0.6) is 0 Å². The SMILES string of the molecule is FC(F)(F)c1cccc(NC(=S)NN=Cc2cccs2)c1. The first kappa shape index (κ1) is 15.5. The number of hydrogen-bond donors (Lipinski definition) is 2. The molecule has 0 fully saturated rings. The maximum Gasteiger partial charge on any atom is 0.416 e. The zero-order chi connectivity index (χ0) is 15.3. The Labute approximate surface area is 128 Å². The van der Waals surface area contributed by atoms with Crippen molar-refractivity contribution in [1.82, 2.24) is 5.43 Å². The van der Waals surface area contributed by atoms with Crippen molar-refractivity contribution in [3.05, 3.63) is 52.2 Å². The topological polar surface area (TPSA) is 36.4 Å². The lowest BCUT2D eigenvalue weighted by molar-refractivity contribution is -0.137. The van der Waals surface area contributed by atoms with Crippen molar-refractivity contribution in [3.8, 4) is 0 Å². The van der Waals surface area contributed by atoms with Gasteiger partial charge in [-0.05, 0) is 41.9 Å². The van der Waals surface area contributed by atoms with Gasteiger partial charge in [-0.1, -0.05) is 12.1 Å². The number of alkyl halides is 3. The monoisotopic (exact) mass is 329 g/mol. The molecule has 0 unspecified atom stereocenters. The Morgan fingerprint density at radius 1 is 1.24 bits per heavy atom. The lowest BCUT2D eigenvalue weighted by Crippen LogP contribution is -2.24. The van der Waals surface area contributed by atoms with Crippen molar-refractivity contribution in [3.63, 3.8) is 0 Å². The van der Waals surface area contributed by atoms with Crippen LogP contribution in [0.15, 0.2) is 46.9 Å². The van der Waals surface area contributed by atoms with E-state index in [4.69, 9.17) is 12.2 Å². The zero-order valence-corrected chi connectivity index (χ0v) is 12.1. The fourth-order valence-corrected chi connectivity index (χ4v) is 2.21. The average Bonchev–Trinajstić information content (AvgIpc) is 2.91. The van der Waals surface area contributed by atoms with Gasteiger partial charge in [-0.3, -0.25) is 5.43 Å². The molecule has 1 aromatic carbocycles. The van der Waals surface area contributed by atoms with E-state index in [0.29, 0.717) is 0 Å². The van der Waals surface area contributed by atoms with Crippen molar-refractivity contribution in [2.24, 2.45) is 5.10 Å². The van der Waals surface area contributed by atoms with E-state index in [9.17, 15) is 13.2 Å². The summed E-state index contributed by atoms with van der Waals surface area (Å²) in [5, 5.41) is 8.55. The molecule has 21 heavy (non-hydrogen) atoms. The first-order valence-corrected chi connectivity index (χ1v) is 7.05. The number of hydrogen-bond acceptors (Lipinski definition) is 3. The van der Waals surface area contributed by atoms with Gasteiger partial charge in [-0.2, -0.15) is 18.3 Å². The Morgan fingerprint density at radius 3 is 2.71 bits per heavy atom. The minimum Gasteiger partial charge on any atom is -0.331 e. The van der Waals surface area contributed by atoms with Crippen LogP contribution in [-0.2, 0) is 6.18 Å². The molecule has 0 amide bonds. The van der Waals surface area contributed by atoms with Crippen molar-refractivity contribution in [2.45, 2.75) is 6.18 Å². The van der Waals surface area contributed by atoms with Crippen LogP contribution in [0.4, 0.5) is 18.9 Å². The molecule has 2 N–H and O–H groups in total. The van der Waals surface area contributed by atoms with Crippen molar-refractivity contribution >= 4 is 40.6 Å². The van der Waals surface area contributed by atoms with Crippen LogP contribution in [0.25, 0.3) is 0 Å². The van der Waals surface area contributed by atoms with E-state index >= 15 is 0 Å². The number of hydrazone groups is 1. The summed E-state index contributed by atoms with van der Waals surface area (Å²) in [5.41, 5.74) is 2.05. The molecule has 0 spiro atoms. The zero-order valence-electron chi connectivity index (χ0n) is 10.5. The number of anilines is 1. The maximum absolute atomic E-state index is 12.6. The molecule has 0 radical (unpaired) electrons. The summed E-state index contributed by atoms with van der Waals surface area (Å²) in [4.78, 5) is 0.935. The molecular weight excluding hydrogens is 319 g/mol. The first-order valence-electron chi connectivity index (χ1n) is 5.76. The van der Waals surface area contributed by atoms with Crippen molar-refractivity contribution in [1.29, 1.82) is 0 Å². The Hall–Kier alpha value is -1.93. The fourth-order valence-electron chi connectivity index (χ4n) is 1.45. The van der Waals surface area contributed by atoms with E-state index < -0.39 is 11.7 Å². The van der Waals surface area contributed by atoms with Crippen molar-refractivity contribution < 1.29 is 13.2 Å². The smallest absolute Gasteiger partial charge is 0.331 e. The second-order valence-corrected chi connectivity index (χ2v) is 5.31. The lowest BCUT2D eigenvalue weighted by Gasteiger charge is -2.10. The second kappa shape index (κ2) is 6.68. The van der Waals surface area contributed by atoms with Crippen LogP contribution in [0, 0.1) is 0 Å². The third-order valence-corrected chi connectivity index (χ3v) is 3.35. The highest BCUT2D eigenvalue weighted by Gasteiger charge is 2.30. The summed E-state index contributed by atoms with van der Waals surface area (Å²) in [7, 11) is 0. The quantitative estimate of drug-likeness (QED) is 0.506. The normalized spacial score (nSPS) is 11.6. The molecule has 0 saturated carbocycles. The van der Waals surface area contributed by atoms with E-state index in [1.54, 1.807) is 6.21 Å². The number of rotatable bonds is 3. The van der Waals surface area contributed by atoms with E-state index in [-0.39, 0.29) is 10.8 Å². The predicted molar refractivity (Wildman–Crippen MR) is 82.7 cm³/mol. The molecule has 1 heterocycles. The van der Waals surface area contributed by atoms with Crippen LogP contribution in [0.3, 0.4) is 0 Å². The van der Waals surface area contributed by atoms with Gasteiger partial charge >= 0.3 is 6.18 Å². The summed E-state index contributed by atoms with van der Waals surface area (Å²) < 4.78 is 37.7. The largest absolute Gasteiger partial charge is 0.416 e. The minimum atomic E-state index is -4.38. The van der Waals surface area contributed by atoms with Gasteiger partial charge in [-0.25, -0.2) is 0 Å². The van der Waals surface area contributed by atoms with Gasteiger partial charge in [0.2, 0.25) is 0 Å². The predicted octanol–water partition coefficient (Wildman–Crippen LogP) is 4.09. The number of thiophene rings is 1. The third kappa shape index (κ3) is 4.83. The Morgan fingerprint density at radius 2 is 2.05 bits per heavy atom. The number of thiocarbonyl (C=S) groups is 1. The van der Waals surface area contributed by atoms with Gasteiger partial charge in [0.25, 0.3) is 0 Å². The number of nitrogens with zero attached hydrogens (tertiary/aromatic N) is 1. The van der Waals surface area contributed by atoms with Gasteiger partial charge in [0.05, 0.1) is 11.8 Å². The van der Waals surface area contributed by atoms with E-state index in [1.165, 1.54) is 23.5 Å². The summed E-state index contributed by atoms with van der Waals surface area (Å²) in [6.45, 7) is 0. The average molecular weight is 329 g/mol. The molecule has 2 rings (SSSR count). The molecule has 1 aromatic heterocycles. The molecular formula is C13H10F3N3S2. The van der Waals surface area contributed by atoms with Gasteiger partial charge in [0.1, 0.15) is 0 Å². The minimum absolute atomic E-state index is 0.113. The molecule has 0 aliphatic heterocycles. The molecule has 8 heteroatoms. The summed E-state index contributed by atoms with van der Waals surface area (Å²) in [5.74, 6) is 0. The van der Waals surface area contributed by atoms with E-state index in [1.807, 2.05) is 17.5 Å². The molecule has 0 aliphatic rings. The molecule has 0 atom stereocenters. The Balaban J connectivity index is 1.94. The summed E-state index contributed by atoms with van der Waals surface area (Å²) in [6.07, 6.45) is -2.81. The third-order valence-electron chi connectivity index (χ3n) is 2.35. The molecule has 0 aliphatic carbocycles. The van der Waals surface area contributed by atoms with Crippen LogP contribution >= 0.6 is 23.6 Å². The van der Waals surface area contributed by atoms with E-state index in [2.05, 4.69) is 15.8 Å². The van der Waals surface area contributed by atoms with Crippen molar-refractivity contribution in [2.75, 3.05) is 5.32 Å². The van der Waals surface area contributed by atoms with Gasteiger partial charge in [-0.15, -0.1) is 11.3 Å². The highest BCUT2D eigenvalue weighted by molar-refractivity contribution is 7.80. The number of halogens is 3. The maximum atomic E-state index is 12.6. The standard InChI is InChI=1S/C13H10F3N3S2/c14-13(15,16)9-3-1-4-10(7-9)18-12(20)19-17-8-11-5-2-6-21-11/h1-8H,(H2,18,19,20). The molecule has 110 valence electrons. The number of nitrogens with one attached hydrogen (secondary N) is 2. The summed E-state index contributed by atoms with van der Waals surface area (Å²) in [6, 6.07) is 8.53. The highest BCUT2D eigenvalue weighted by Crippen LogP contribution is 2.30. The van der Waals surface area contributed by atoms with Gasteiger partial charge < -0.3 is 5.32 Å². The lowest BCUT2D eigenvalue weighted by atomic mass is 10.2. The van der Waals surface area contributed by atoms with Gasteiger partial charge in [0.15, 0.2) is 5.11 Å². The Kier molecular flexibility index (Phi) is 4.92. The fraction of sp³-hybridized carbons (Fsp3) is 0.0769. The van der Waals surface area contributed by atoms with Crippen LogP contribution in [0.2, 0.25) is 0 Å². The van der Waals surface area contributed by atoms with E-state index in [0.717, 1.165) is 17.0 Å². The summed E-state index contributed by atoms with van der Waals surface area (Å²) >= 11 is 6.46. The number of benzene rings is 1. The second-order valence-electron chi connectivity index (χ2n) is 3.92. The molecule has 0 bridgehead atoms. The van der Waals surface area contributed by atoms with Gasteiger partial charge in [0, 0.05) is 10.6 Å². The Bertz CT molecular complexity index is 636.